The van der Waals surface area contributed by atoms with Gasteiger partial charge in [-0.3, -0.25) is 0 Å². The molecular formula is C15H15FN2OS. The molecule has 2 aromatic rings. The first-order valence-electron chi connectivity index (χ1n) is 6.22. The number of rotatable bonds is 5. The summed E-state index contributed by atoms with van der Waals surface area (Å²) in [5.74, 6) is 0.406. The van der Waals surface area contributed by atoms with E-state index in [2.05, 4.69) is 10.6 Å². The fraction of sp³-hybridized carbons (Fsp3) is 0.133. The molecule has 20 heavy (non-hydrogen) atoms. The minimum atomic E-state index is -0.373. The van der Waals surface area contributed by atoms with Crippen LogP contribution < -0.4 is 10.6 Å². The third-order valence-corrected chi connectivity index (χ3v) is 3.50. The van der Waals surface area contributed by atoms with E-state index in [4.69, 9.17) is 0 Å². The molecule has 2 rings (SSSR count). The molecule has 0 aliphatic carbocycles. The molecule has 0 radical (unpaired) electrons. The lowest BCUT2D eigenvalue weighted by molar-refractivity contribution is 0.252. The van der Waals surface area contributed by atoms with Crippen LogP contribution in [0.5, 0.6) is 0 Å². The largest absolute Gasteiger partial charge is 0.337 e. The number of anilines is 1. The smallest absolute Gasteiger partial charge is 0.319 e. The zero-order chi connectivity index (χ0) is 14.2. The maximum Gasteiger partial charge on any atom is 0.319 e. The molecule has 0 unspecified atom stereocenters. The molecule has 0 saturated carbocycles. The first-order chi connectivity index (χ1) is 9.74. The van der Waals surface area contributed by atoms with E-state index in [-0.39, 0.29) is 11.8 Å². The van der Waals surface area contributed by atoms with E-state index >= 15 is 0 Å². The zero-order valence-electron chi connectivity index (χ0n) is 10.8. The van der Waals surface area contributed by atoms with E-state index in [1.165, 1.54) is 17.0 Å². The van der Waals surface area contributed by atoms with Crippen molar-refractivity contribution in [3.05, 3.63) is 60.4 Å². The summed E-state index contributed by atoms with van der Waals surface area (Å²) < 4.78 is 12.9. The van der Waals surface area contributed by atoms with Gasteiger partial charge in [-0.05, 0) is 30.3 Å². The number of amides is 2. The number of hydrogen-bond donors (Lipinski definition) is 2. The first-order valence-corrected chi connectivity index (χ1v) is 7.21. The van der Waals surface area contributed by atoms with Crippen molar-refractivity contribution in [1.82, 2.24) is 5.32 Å². The van der Waals surface area contributed by atoms with Crippen LogP contribution in [0.15, 0.2) is 59.5 Å². The average molecular weight is 290 g/mol. The highest BCUT2D eigenvalue weighted by Crippen LogP contribution is 2.15. The minimum absolute atomic E-state index is 0.329. The van der Waals surface area contributed by atoms with Crippen LogP contribution in [0.25, 0.3) is 0 Å². The second kappa shape index (κ2) is 7.55. The molecule has 104 valence electrons. The molecule has 0 bridgehead atoms. The molecule has 2 amide bonds. The van der Waals surface area contributed by atoms with Gasteiger partial charge in [0.1, 0.15) is 5.82 Å². The van der Waals surface area contributed by atoms with Gasteiger partial charge in [-0.25, -0.2) is 9.18 Å². The Labute approximate surface area is 121 Å². The predicted octanol–water partition coefficient (Wildman–Crippen LogP) is 3.74. The molecule has 0 atom stereocenters. The van der Waals surface area contributed by atoms with Crippen molar-refractivity contribution in [1.29, 1.82) is 0 Å². The van der Waals surface area contributed by atoms with Crippen molar-refractivity contribution in [3.63, 3.8) is 0 Å². The molecule has 2 N–H and O–H groups in total. The SMILES string of the molecule is O=C(NCCSc1ccccc1)Nc1cccc(F)c1. The van der Waals surface area contributed by atoms with Crippen LogP contribution in [0.3, 0.4) is 0 Å². The van der Waals surface area contributed by atoms with Gasteiger partial charge in [-0.1, -0.05) is 24.3 Å². The predicted molar refractivity (Wildman–Crippen MR) is 80.6 cm³/mol. The van der Waals surface area contributed by atoms with Crippen LogP contribution in [0, 0.1) is 5.82 Å². The van der Waals surface area contributed by atoms with Crippen LogP contribution in [0.1, 0.15) is 0 Å². The highest BCUT2D eigenvalue weighted by atomic mass is 32.2. The maximum atomic E-state index is 12.9. The van der Waals surface area contributed by atoms with Crippen LogP contribution in [0.4, 0.5) is 14.9 Å². The van der Waals surface area contributed by atoms with Gasteiger partial charge in [-0.2, -0.15) is 0 Å². The number of urea groups is 1. The molecule has 0 heterocycles. The van der Waals surface area contributed by atoms with Gasteiger partial charge in [0.2, 0.25) is 0 Å². The Bertz CT molecular complexity index is 563. The highest BCUT2D eigenvalue weighted by Gasteiger charge is 2.01. The summed E-state index contributed by atoms with van der Waals surface area (Å²) in [4.78, 5) is 12.7. The van der Waals surface area contributed by atoms with E-state index < -0.39 is 0 Å². The summed E-state index contributed by atoms with van der Waals surface area (Å²) in [6.07, 6.45) is 0. The van der Waals surface area contributed by atoms with E-state index in [1.54, 1.807) is 23.9 Å². The van der Waals surface area contributed by atoms with Crippen LogP contribution >= 0.6 is 11.8 Å². The van der Waals surface area contributed by atoms with Crippen molar-refractivity contribution in [2.45, 2.75) is 4.90 Å². The average Bonchev–Trinajstić information content (AvgIpc) is 2.45. The van der Waals surface area contributed by atoms with Gasteiger partial charge in [-0.15, -0.1) is 11.8 Å². The summed E-state index contributed by atoms with van der Waals surface area (Å²) in [6.45, 7) is 0.542. The number of halogens is 1. The lowest BCUT2D eigenvalue weighted by Crippen LogP contribution is -2.30. The lowest BCUT2D eigenvalue weighted by atomic mass is 10.3. The first kappa shape index (κ1) is 14.4. The molecule has 0 saturated heterocycles. The molecule has 0 aliphatic heterocycles. The van der Waals surface area contributed by atoms with Crippen molar-refractivity contribution < 1.29 is 9.18 Å². The van der Waals surface area contributed by atoms with Crippen molar-refractivity contribution in [2.75, 3.05) is 17.6 Å². The second-order valence-corrected chi connectivity index (χ2v) is 5.22. The third-order valence-electron chi connectivity index (χ3n) is 2.48. The molecular weight excluding hydrogens is 275 g/mol. The van der Waals surface area contributed by atoms with Crippen LogP contribution in [-0.2, 0) is 0 Å². The Morgan fingerprint density at radius 3 is 2.65 bits per heavy atom. The Hall–Kier alpha value is -2.01. The molecule has 2 aromatic carbocycles. The van der Waals surface area contributed by atoms with Gasteiger partial charge >= 0.3 is 6.03 Å². The van der Waals surface area contributed by atoms with Crippen LogP contribution in [-0.4, -0.2) is 18.3 Å². The number of carbonyl (C=O) groups excluding carboxylic acids is 1. The fourth-order valence-corrected chi connectivity index (χ4v) is 2.38. The number of benzene rings is 2. The Morgan fingerprint density at radius 1 is 1.10 bits per heavy atom. The summed E-state index contributed by atoms with van der Waals surface area (Å²) in [5.41, 5.74) is 0.443. The number of carbonyl (C=O) groups is 1. The molecule has 0 fully saturated rings. The zero-order valence-corrected chi connectivity index (χ0v) is 11.6. The monoisotopic (exact) mass is 290 g/mol. The fourth-order valence-electron chi connectivity index (χ4n) is 1.59. The lowest BCUT2D eigenvalue weighted by Gasteiger charge is -2.07. The number of thioether (sulfide) groups is 1. The summed E-state index contributed by atoms with van der Waals surface area (Å²) in [5, 5.41) is 5.31. The van der Waals surface area contributed by atoms with E-state index in [0.717, 1.165) is 5.75 Å². The summed E-state index contributed by atoms with van der Waals surface area (Å²) in [7, 11) is 0. The standard InChI is InChI=1S/C15H15FN2OS/c16-12-5-4-6-13(11-12)18-15(19)17-9-10-20-14-7-2-1-3-8-14/h1-8,11H,9-10H2,(H2,17,18,19). The normalized spacial score (nSPS) is 10.1. The van der Waals surface area contributed by atoms with Crippen molar-refractivity contribution in [2.24, 2.45) is 0 Å². The van der Waals surface area contributed by atoms with Gasteiger partial charge in [0.15, 0.2) is 0 Å². The topological polar surface area (TPSA) is 41.1 Å². The maximum absolute atomic E-state index is 12.9. The van der Waals surface area contributed by atoms with E-state index in [0.29, 0.717) is 12.2 Å². The molecule has 0 aliphatic rings. The van der Waals surface area contributed by atoms with Crippen LogP contribution in [0.2, 0.25) is 0 Å². The number of nitrogens with one attached hydrogen (secondary N) is 2. The Morgan fingerprint density at radius 2 is 1.90 bits per heavy atom. The number of hydrogen-bond acceptors (Lipinski definition) is 2. The summed E-state index contributed by atoms with van der Waals surface area (Å²) in [6, 6.07) is 15.4. The molecule has 0 spiro atoms. The van der Waals surface area contributed by atoms with Gasteiger partial charge in [0.25, 0.3) is 0 Å². The van der Waals surface area contributed by atoms with Gasteiger partial charge in [0, 0.05) is 22.9 Å². The van der Waals surface area contributed by atoms with Crippen molar-refractivity contribution >= 4 is 23.5 Å². The Kier molecular flexibility index (Phi) is 5.43. The minimum Gasteiger partial charge on any atom is -0.337 e. The third kappa shape index (κ3) is 4.93. The Balaban J connectivity index is 1.68. The van der Waals surface area contributed by atoms with E-state index in [1.807, 2.05) is 30.3 Å². The van der Waals surface area contributed by atoms with Crippen molar-refractivity contribution in [3.8, 4) is 0 Å². The molecule has 5 heteroatoms. The van der Waals surface area contributed by atoms with E-state index in [9.17, 15) is 9.18 Å². The quantitative estimate of drug-likeness (QED) is 0.650. The summed E-state index contributed by atoms with van der Waals surface area (Å²) >= 11 is 1.67. The molecule has 3 nitrogen and oxygen atoms in total. The highest BCUT2D eigenvalue weighted by molar-refractivity contribution is 7.99. The molecule has 0 aromatic heterocycles. The van der Waals surface area contributed by atoms with Gasteiger partial charge in [0.05, 0.1) is 0 Å². The van der Waals surface area contributed by atoms with Gasteiger partial charge < -0.3 is 10.6 Å². The second-order valence-electron chi connectivity index (χ2n) is 4.05.